The minimum absolute atomic E-state index is 0.179. The summed E-state index contributed by atoms with van der Waals surface area (Å²) in [5, 5.41) is 12.6. The molecular weight excluding hydrogens is 334 g/mol. The van der Waals surface area contributed by atoms with Gasteiger partial charge < -0.3 is 9.15 Å². The van der Waals surface area contributed by atoms with Gasteiger partial charge in [0.15, 0.2) is 5.82 Å². The third-order valence-corrected chi connectivity index (χ3v) is 4.79. The number of fused-ring (bicyclic) bond motifs is 1. The molecule has 1 atom stereocenters. The van der Waals surface area contributed by atoms with Gasteiger partial charge in [0.05, 0.1) is 6.61 Å². The number of benzene rings is 1. The smallest absolute Gasteiger partial charge is 0.336 e. The SMILES string of the molecule is CCc1ccc2oc(=O)cc(CN3CCOC(c4nnnn4C)C3)c2c1. The van der Waals surface area contributed by atoms with Crippen LogP contribution >= 0.6 is 0 Å². The molecule has 26 heavy (non-hydrogen) atoms. The fourth-order valence-electron chi connectivity index (χ4n) is 3.38. The third kappa shape index (κ3) is 3.25. The van der Waals surface area contributed by atoms with Gasteiger partial charge in [-0.25, -0.2) is 9.48 Å². The molecule has 0 radical (unpaired) electrons. The maximum Gasteiger partial charge on any atom is 0.336 e. The normalized spacial score (nSPS) is 18.5. The lowest BCUT2D eigenvalue weighted by Gasteiger charge is -2.32. The summed E-state index contributed by atoms with van der Waals surface area (Å²) in [5.74, 6) is 0.709. The highest BCUT2D eigenvalue weighted by atomic mass is 16.5. The number of ether oxygens (including phenoxy) is 1. The molecule has 3 aromatic rings. The highest BCUT2D eigenvalue weighted by Crippen LogP contribution is 2.24. The van der Waals surface area contributed by atoms with Crippen LogP contribution in [-0.2, 0) is 24.8 Å². The quantitative estimate of drug-likeness (QED) is 0.655. The Kier molecular flexibility index (Phi) is 4.52. The Morgan fingerprint density at radius 2 is 2.19 bits per heavy atom. The number of morpholine rings is 1. The Morgan fingerprint density at radius 3 is 2.96 bits per heavy atom. The van der Waals surface area contributed by atoms with Crippen molar-refractivity contribution in [1.29, 1.82) is 0 Å². The summed E-state index contributed by atoms with van der Waals surface area (Å²) >= 11 is 0. The van der Waals surface area contributed by atoms with Crippen LogP contribution in [-0.4, -0.2) is 44.8 Å². The van der Waals surface area contributed by atoms with Crippen LogP contribution in [0.2, 0.25) is 0 Å². The topological polar surface area (TPSA) is 86.3 Å². The molecule has 2 aromatic heterocycles. The number of aromatic nitrogens is 4. The molecule has 136 valence electrons. The minimum Gasteiger partial charge on any atom is -0.423 e. The number of aryl methyl sites for hydroxylation is 2. The van der Waals surface area contributed by atoms with E-state index in [9.17, 15) is 4.79 Å². The van der Waals surface area contributed by atoms with Crippen molar-refractivity contribution < 1.29 is 9.15 Å². The molecule has 3 heterocycles. The molecule has 0 saturated carbocycles. The van der Waals surface area contributed by atoms with E-state index in [4.69, 9.17) is 9.15 Å². The van der Waals surface area contributed by atoms with Crippen molar-refractivity contribution in [3.8, 4) is 0 Å². The Bertz CT molecular complexity index is 980. The maximum absolute atomic E-state index is 12.0. The maximum atomic E-state index is 12.0. The first-order valence-corrected chi connectivity index (χ1v) is 8.76. The summed E-state index contributed by atoms with van der Waals surface area (Å²) < 4.78 is 12.8. The molecule has 8 nitrogen and oxygen atoms in total. The molecule has 0 amide bonds. The van der Waals surface area contributed by atoms with E-state index in [1.54, 1.807) is 17.8 Å². The number of tetrazole rings is 1. The minimum atomic E-state index is -0.320. The highest BCUT2D eigenvalue weighted by Gasteiger charge is 2.26. The second-order valence-electron chi connectivity index (χ2n) is 6.53. The molecule has 1 fully saturated rings. The van der Waals surface area contributed by atoms with Gasteiger partial charge in [0.1, 0.15) is 11.7 Å². The fourth-order valence-corrected chi connectivity index (χ4v) is 3.38. The standard InChI is InChI=1S/C18H21N5O3/c1-3-12-4-5-15-14(8-12)13(9-17(24)26-15)10-23-6-7-25-16(11-23)18-19-20-21-22(18)2/h4-5,8-9,16H,3,6-7,10-11H2,1-2H3. The second-order valence-corrected chi connectivity index (χ2v) is 6.53. The third-order valence-electron chi connectivity index (χ3n) is 4.79. The van der Waals surface area contributed by atoms with Crippen molar-refractivity contribution in [1.82, 2.24) is 25.1 Å². The Hall–Kier alpha value is -2.58. The summed E-state index contributed by atoms with van der Waals surface area (Å²) in [4.78, 5) is 14.2. The molecule has 8 heteroatoms. The molecule has 1 aromatic carbocycles. The summed E-state index contributed by atoms with van der Waals surface area (Å²) in [6.45, 7) is 4.82. The predicted octanol–water partition coefficient (Wildman–Crippen LogP) is 1.45. The fraction of sp³-hybridized carbons (Fsp3) is 0.444. The van der Waals surface area contributed by atoms with Crippen LogP contribution in [0.15, 0.2) is 33.5 Å². The van der Waals surface area contributed by atoms with Crippen molar-refractivity contribution in [2.45, 2.75) is 26.0 Å². The van der Waals surface area contributed by atoms with Crippen molar-refractivity contribution in [3.63, 3.8) is 0 Å². The summed E-state index contributed by atoms with van der Waals surface area (Å²) in [6, 6.07) is 7.58. The first-order valence-electron chi connectivity index (χ1n) is 8.76. The van der Waals surface area contributed by atoms with Crippen molar-refractivity contribution in [3.05, 3.63) is 51.6 Å². The summed E-state index contributed by atoms with van der Waals surface area (Å²) in [7, 11) is 1.81. The zero-order chi connectivity index (χ0) is 18.1. The van der Waals surface area contributed by atoms with Crippen molar-refractivity contribution >= 4 is 11.0 Å². The van der Waals surface area contributed by atoms with Crippen LogP contribution in [0, 0.1) is 0 Å². The number of hydrogen-bond donors (Lipinski definition) is 0. The van der Waals surface area contributed by atoms with Gasteiger partial charge in [-0.05, 0) is 40.1 Å². The van der Waals surface area contributed by atoms with E-state index in [-0.39, 0.29) is 11.7 Å². The molecular formula is C18H21N5O3. The van der Waals surface area contributed by atoms with Crippen LogP contribution in [0.4, 0.5) is 0 Å². The van der Waals surface area contributed by atoms with Gasteiger partial charge in [-0.2, -0.15) is 0 Å². The largest absolute Gasteiger partial charge is 0.423 e. The molecule has 4 rings (SSSR count). The first kappa shape index (κ1) is 16.9. The second kappa shape index (κ2) is 6.97. The highest BCUT2D eigenvalue weighted by molar-refractivity contribution is 5.80. The molecule has 1 saturated heterocycles. The first-order chi connectivity index (χ1) is 12.6. The van der Waals surface area contributed by atoms with E-state index in [0.717, 1.165) is 23.9 Å². The van der Waals surface area contributed by atoms with Gasteiger partial charge in [0, 0.05) is 38.1 Å². The predicted molar refractivity (Wildman–Crippen MR) is 94.6 cm³/mol. The zero-order valence-electron chi connectivity index (χ0n) is 14.9. The van der Waals surface area contributed by atoms with Gasteiger partial charge in [0.25, 0.3) is 0 Å². The lowest BCUT2D eigenvalue weighted by Crippen LogP contribution is -2.38. The van der Waals surface area contributed by atoms with Crippen molar-refractivity contribution in [2.24, 2.45) is 7.05 Å². The van der Waals surface area contributed by atoms with Gasteiger partial charge >= 0.3 is 5.63 Å². The van der Waals surface area contributed by atoms with Crippen LogP contribution in [0.1, 0.15) is 30.0 Å². The van der Waals surface area contributed by atoms with Crippen molar-refractivity contribution in [2.75, 3.05) is 19.7 Å². The van der Waals surface area contributed by atoms with E-state index >= 15 is 0 Å². The van der Waals surface area contributed by atoms with Gasteiger partial charge in [-0.1, -0.05) is 13.0 Å². The van der Waals surface area contributed by atoms with Crippen LogP contribution in [0.5, 0.6) is 0 Å². The summed E-state index contributed by atoms with van der Waals surface area (Å²) in [6.07, 6.45) is 0.758. The average Bonchev–Trinajstić information content (AvgIpc) is 3.07. The van der Waals surface area contributed by atoms with Gasteiger partial charge in [-0.3, -0.25) is 4.90 Å². The van der Waals surface area contributed by atoms with E-state index in [0.29, 0.717) is 31.1 Å². The van der Waals surface area contributed by atoms with E-state index < -0.39 is 0 Å². The Labute approximate surface area is 150 Å². The van der Waals surface area contributed by atoms with E-state index in [2.05, 4.69) is 33.4 Å². The Morgan fingerprint density at radius 1 is 1.31 bits per heavy atom. The van der Waals surface area contributed by atoms with Crippen LogP contribution in [0.3, 0.4) is 0 Å². The summed E-state index contributed by atoms with van der Waals surface area (Å²) in [5.41, 5.74) is 2.51. The van der Waals surface area contributed by atoms with Crippen LogP contribution in [0.25, 0.3) is 11.0 Å². The van der Waals surface area contributed by atoms with Crippen LogP contribution < -0.4 is 5.63 Å². The molecule has 0 N–H and O–H groups in total. The molecule has 1 aliphatic heterocycles. The molecule has 1 aliphatic rings. The Balaban J connectivity index is 1.62. The molecule has 0 aliphatic carbocycles. The molecule has 0 bridgehead atoms. The number of nitrogens with zero attached hydrogens (tertiary/aromatic N) is 5. The van der Waals surface area contributed by atoms with Gasteiger partial charge in [0.2, 0.25) is 0 Å². The lowest BCUT2D eigenvalue weighted by atomic mass is 10.0. The number of rotatable bonds is 4. The van der Waals surface area contributed by atoms with Gasteiger partial charge in [-0.15, -0.1) is 5.10 Å². The van der Waals surface area contributed by atoms with E-state index in [1.807, 2.05) is 12.1 Å². The lowest BCUT2D eigenvalue weighted by molar-refractivity contribution is -0.0388. The average molecular weight is 355 g/mol. The number of hydrogen-bond acceptors (Lipinski definition) is 7. The van der Waals surface area contributed by atoms with E-state index in [1.165, 1.54) is 5.56 Å². The molecule has 1 unspecified atom stereocenters. The monoisotopic (exact) mass is 355 g/mol. The molecule has 0 spiro atoms. The zero-order valence-corrected chi connectivity index (χ0v) is 14.9.